The molecule has 1 aliphatic carbocycles. The zero-order valence-electron chi connectivity index (χ0n) is 13.6. The molecule has 3 aliphatic rings. The van der Waals surface area contributed by atoms with E-state index in [0.29, 0.717) is 6.61 Å². The van der Waals surface area contributed by atoms with Crippen molar-refractivity contribution in [1.82, 2.24) is 4.90 Å². The smallest absolute Gasteiger partial charge is 0.242 e. The summed E-state index contributed by atoms with van der Waals surface area (Å²) < 4.78 is 11.7. The number of carbonyl (C=O) groups excluding carboxylic acids is 1. The predicted octanol–water partition coefficient (Wildman–Crippen LogP) is 1.83. The monoisotopic (exact) mass is 310 g/mol. The highest BCUT2D eigenvalue weighted by Crippen LogP contribution is 2.30. The third-order valence-electron chi connectivity index (χ3n) is 5.44. The molecule has 126 valence electrons. The molecule has 2 heterocycles. The van der Waals surface area contributed by atoms with Crippen LogP contribution in [0.3, 0.4) is 0 Å². The quantitative estimate of drug-likeness (QED) is 0.860. The van der Waals surface area contributed by atoms with Crippen molar-refractivity contribution in [3.63, 3.8) is 0 Å². The second-order valence-electron chi connectivity index (χ2n) is 7.18. The van der Waals surface area contributed by atoms with Gasteiger partial charge >= 0.3 is 0 Å². The third kappa shape index (κ3) is 3.81. The molecule has 3 rings (SSSR count). The fourth-order valence-corrected chi connectivity index (χ4v) is 3.94. The summed E-state index contributed by atoms with van der Waals surface area (Å²) in [5, 5.41) is 0. The minimum atomic E-state index is -0.580. The number of carbonyl (C=O) groups is 1. The van der Waals surface area contributed by atoms with Crippen LogP contribution in [0.25, 0.3) is 0 Å². The van der Waals surface area contributed by atoms with Gasteiger partial charge in [-0.2, -0.15) is 0 Å². The van der Waals surface area contributed by atoms with E-state index in [1.807, 2.05) is 4.90 Å². The first-order chi connectivity index (χ1) is 10.7. The molecule has 3 fully saturated rings. The van der Waals surface area contributed by atoms with Crippen molar-refractivity contribution < 1.29 is 14.3 Å². The summed E-state index contributed by atoms with van der Waals surface area (Å²) in [6, 6.07) is 0. The first kappa shape index (κ1) is 16.2. The van der Waals surface area contributed by atoms with Crippen molar-refractivity contribution in [2.45, 2.75) is 75.5 Å². The number of rotatable bonds is 4. The lowest BCUT2D eigenvalue weighted by Gasteiger charge is -2.37. The van der Waals surface area contributed by atoms with Gasteiger partial charge in [-0.05, 0) is 44.9 Å². The molecule has 0 bridgehead atoms. The Morgan fingerprint density at radius 3 is 2.50 bits per heavy atom. The lowest BCUT2D eigenvalue weighted by atomic mass is 9.95. The Morgan fingerprint density at radius 2 is 1.86 bits per heavy atom. The van der Waals surface area contributed by atoms with Gasteiger partial charge in [0.25, 0.3) is 0 Å². The number of hydrogen-bond acceptors (Lipinski definition) is 4. The average molecular weight is 310 g/mol. The first-order valence-electron chi connectivity index (χ1n) is 8.99. The maximum Gasteiger partial charge on any atom is 0.242 e. The maximum absolute atomic E-state index is 12.6. The number of hydrogen-bond donors (Lipinski definition) is 1. The summed E-state index contributed by atoms with van der Waals surface area (Å²) in [5.74, 6) is 0.166. The van der Waals surface area contributed by atoms with E-state index in [-0.39, 0.29) is 18.1 Å². The summed E-state index contributed by atoms with van der Waals surface area (Å²) in [4.78, 5) is 14.5. The van der Waals surface area contributed by atoms with Gasteiger partial charge in [-0.25, -0.2) is 0 Å². The van der Waals surface area contributed by atoms with Crippen LogP contribution in [0.15, 0.2) is 0 Å². The number of piperidine rings is 1. The molecule has 0 aromatic rings. The predicted molar refractivity (Wildman–Crippen MR) is 84.5 cm³/mol. The summed E-state index contributed by atoms with van der Waals surface area (Å²) in [7, 11) is 0. The maximum atomic E-state index is 12.6. The number of nitrogens with two attached hydrogens (primary N) is 1. The first-order valence-corrected chi connectivity index (χ1v) is 8.99. The largest absolute Gasteiger partial charge is 0.376 e. The van der Waals surface area contributed by atoms with E-state index in [0.717, 1.165) is 64.6 Å². The molecule has 1 unspecified atom stereocenters. The van der Waals surface area contributed by atoms with Gasteiger partial charge in [-0.1, -0.05) is 12.8 Å². The standard InChI is InChI=1S/C17H30N2O3/c18-17(8-2-3-9-17)16(20)19-10-6-14(7-11-19)22-13-15-5-1-4-12-21-15/h14-15H,1-13,18H2. The van der Waals surface area contributed by atoms with Gasteiger partial charge in [0.1, 0.15) is 0 Å². The summed E-state index contributed by atoms with van der Waals surface area (Å²) in [5.41, 5.74) is 5.71. The Balaban J connectivity index is 1.39. The Kier molecular flexibility index (Phi) is 5.37. The number of nitrogens with zero attached hydrogens (tertiary/aromatic N) is 1. The lowest BCUT2D eigenvalue weighted by Crippen LogP contribution is -2.55. The van der Waals surface area contributed by atoms with Crippen LogP contribution in [-0.2, 0) is 14.3 Å². The Hall–Kier alpha value is -0.650. The number of amides is 1. The minimum absolute atomic E-state index is 0.166. The SMILES string of the molecule is NC1(C(=O)N2CCC(OCC3CCCCO3)CC2)CCCC1. The molecule has 1 atom stereocenters. The van der Waals surface area contributed by atoms with Gasteiger partial charge in [0.05, 0.1) is 24.4 Å². The minimum Gasteiger partial charge on any atom is -0.376 e. The fourth-order valence-electron chi connectivity index (χ4n) is 3.94. The van der Waals surface area contributed by atoms with Crippen LogP contribution in [0.2, 0.25) is 0 Å². The summed E-state index contributed by atoms with van der Waals surface area (Å²) in [6.45, 7) is 3.15. The fraction of sp³-hybridized carbons (Fsp3) is 0.941. The van der Waals surface area contributed by atoms with Crippen molar-refractivity contribution in [3.8, 4) is 0 Å². The van der Waals surface area contributed by atoms with Crippen LogP contribution in [0.5, 0.6) is 0 Å². The van der Waals surface area contributed by atoms with E-state index in [4.69, 9.17) is 15.2 Å². The second-order valence-corrected chi connectivity index (χ2v) is 7.18. The second kappa shape index (κ2) is 7.28. The molecular formula is C17H30N2O3. The molecule has 5 heteroatoms. The van der Waals surface area contributed by atoms with Gasteiger partial charge in [-0.15, -0.1) is 0 Å². The van der Waals surface area contributed by atoms with Crippen molar-refractivity contribution in [1.29, 1.82) is 0 Å². The molecule has 2 N–H and O–H groups in total. The zero-order valence-corrected chi connectivity index (χ0v) is 13.6. The third-order valence-corrected chi connectivity index (χ3v) is 5.44. The van der Waals surface area contributed by atoms with Crippen LogP contribution >= 0.6 is 0 Å². The van der Waals surface area contributed by atoms with E-state index in [1.54, 1.807) is 0 Å². The zero-order chi connectivity index (χ0) is 15.4. The normalized spacial score (nSPS) is 29.7. The summed E-state index contributed by atoms with van der Waals surface area (Å²) >= 11 is 0. The molecule has 2 saturated heterocycles. The molecule has 1 saturated carbocycles. The molecule has 1 amide bonds. The van der Waals surface area contributed by atoms with Crippen LogP contribution in [0.1, 0.15) is 57.8 Å². The number of ether oxygens (including phenoxy) is 2. The van der Waals surface area contributed by atoms with Crippen LogP contribution < -0.4 is 5.73 Å². The van der Waals surface area contributed by atoms with E-state index in [9.17, 15) is 4.79 Å². The Morgan fingerprint density at radius 1 is 1.14 bits per heavy atom. The van der Waals surface area contributed by atoms with Gasteiger partial charge in [0, 0.05) is 19.7 Å². The molecule has 2 aliphatic heterocycles. The van der Waals surface area contributed by atoms with Gasteiger partial charge in [-0.3, -0.25) is 4.79 Å². The van der Waals surface area contributed by atoms with Crippen LogP contribution in [0.4, 0.5) is 0 Å². The molecule has 0 aromatic carbocycles. The van der Waals surface area contributed by atoms with Gasteiger partial charge < -0.3 is 20.1 Å². The molecule has 0 spiro atoms. The highest BCUT2D eigenvalue weighted by Gasteiger charge is 2.40. The average Bonchev–Trinajstić information content (AvgIpc) is 3.02. The van der Waals surface area contributed by atoms with Crippen molar-refractivity contribution in [3.05, 3.63) is 0 Å². The Bertz CT molecular complexity index is 368. The summed E-state index contributed by atoms with van der Waals surface area (Å²) in [6.07, 6.45) is 9.81. The Labute approximate surface area is 133 Å². The molecule has 22 heavy (non-hydrogen) atoms. The van der Waals surface area contributed by atoms with E-state index >= 15 is 0 Å². The molecule has 5 nitrogen and oxygen atoms in total. The van der Waals surface area contributed by atoms with Crippen LogP contribution in [0, 0.1) is 0 Å². The topological polar surface area (TPSA) is 64.8 Å². The lowest BCUT2D eigenvalue weighted by molar-refractivity contribution is -0.140. The van der Waals surface area contributed by atoms with Crippen molar-refractivity contribution in [2.75, 3.05) is 26.3 Å². The van der Waals surface area contributed by atoms with E-state index < -0.39 is 5.54 Å². The van der Waals surface area contributed by atoms with Gasteiger partial charge in [0.2, 0.25) is 5.91 Å². The molecule has 0 radical (unpaired) electrons. The highest BCUT2D eigenvalue weighted by molar-refractivity contribution is 5.86. The van der Waals surface area contributed by atoms with Gasteiger partial charge in [0.15, 0.2) is 0 Å². The highest BCUT2D eigenvalue weighted by atomic mass is 16.5. The molecule has 0 aromatic heterocycles. The van der Waals surface area contributed by atoms with E-state index in [2.05, 4.69) is 0 Å². The van der Waals surface area contributed by atoms with Crippen molar-refractivity contribution in [2.24, 2.45) is 5.73 Å². The van der Waals surface area contributed by atoms with Crippen LogP contribution in [-0.4, -0.2) is 54.9 Å². The van der Waals surface area contributed by atoms with Crippen molar-refractivity contribution >= 4 is 5.91 Å². The number of likely N-dealkylation sites (tertiary alicyclic amines) is 1. The molecular weight excluding hydrogens is 280 g/mol. The van der Waals surface area contributed by atoms with E-state index in [1.165, 1.54) is 12.8 Å².